The fourth-order valence-corrected chi connectivity index (χ4v) is 3.85. The molecule has 0 saturated carbocycles. The van der Waals surface area contributed by atoms with Crippen LogP contribution in [0.2, 0.25) is 0 Å². The highest BCUT2D eigenvalue weighted by atomic mass is 16.5. The van der Waals surface area contributed by atoms with Crippen LogP contribution < -0.4 is 22.1 Å². The third-order valence-corrected chi connectivity index (χ3v) is 5.79. The first-order valence-corrected chi connectivity index (χ1v) is 12.2. The standard InChI is InChI=1S/C18H15B.C11H25NO/c1-4-10-16(11-5-1)19(17-12-6-2-7-13-17)18-14-8-3-9-15-18;1-3-5-7-11(4-2)10-13-9-6-8-12/h1-15H;11H,3-10,12H2,1-2H3. The smallest absolute Gasteiger partial charge is 0.241 e. The van der Waals surface area contributed by atoms with Gasteiger partial charge in [-0.05, 0) is 25.3 Å². The molecular weight excluding hydrogens is 389 g/mol. The molecule has 0 spiro atoms. The molecule has 3 aromatic rings. The van der Waals surface area contributed by atoms with Gasteiger partial charge >= 0.3 is 0 Å². The second-order valence-corrected chi connectivity index (χ2v) is 8.30. The van der Waals surface area contributed by atoms with Crippen molar-refractivity contribution < 1.29 is 4.74 Å². The first kappa shape index (κ1) is 25.9. The molecule has 2 nitrogen and oxygen atoms in total. The summed E-state index contributed by atoms with van der Waals surface area (Å²) in [5.74, 6) is 0.762. The van der Waals surface area contributed by atoms with Crippen molar-refractivity contribution in [3.8, 4) is 0 Å². The Bertz CT molecular complexity index is 716. The van der Waals surface area contributed by atoms with Gasteiger partial charge in [0, 0.05) is 13.2 Å². The molecule has 0 amide bonds. The Morgan fingerprint density at radius 1 is 0.719 bits per heavy atom. The maximum Gasteiger partial charge on any atom is 0.241 e. The zero-order valence-electron chi connectivity index (χ0n) is 20.0. The van der Waals surface area contributed by atoms with E-state index in [0.29, 0.717) is 6.71 Å². The lowest BCUT2D eigenvalue weighted by Crippen LogP contribution is -2.51. The van der Waals surface area contributed by atoms with E-state index >= 15 is 0 Å². The van der Waals surface area contributed by atoms with Crippen LogP contribution in [-0.4, -0.2) is 26.5 Å². The highest BCUT2D eigenvalue weighted by Crippen LogP contribution is 2.12. The van der Waals surface area contributed by atoms with Crippen molar-refractivity contribution in [3.05, 3.63) is 91.0 Å². The lowest BCUT2D eigenvalue weighted by Gasteiger charge is -2.15. The predicted molar refractivity (Wildman–Crippen MR) is 142 cm³/mol. The van der Waals surface area contributed by atoms with E-state index < -0.39 is 0 Å². The minimum absolute atomic E-state index is 0.309. The second kappa shape index (κ2) is 16.3. The molecule has 32 heavy (non-hydrogen) atoms. The summed E-state index contributed by atoms with van der Waals surface area (Å²) in [6.45, 7) is 7.29. The van der Waals surface area contributed by atoms with Crippen molar-refractivity contribution in [1.82, 2.24) is 0 Å². The van der Waals surface area contributed by atoms with E-state index in [-0.39, 0.29) is 0 Å². The van der Waals surface area contributed by atoms with Gasteiger partial charge in [0.25, 0.3) is 0 Å². The number of benzene rings is 3. The van der Waals surface area contributed by atoms with E-state index in [1.54, 1.807) is 0 Å². The number of hydrogen-bond donors (Lipinski definition) is 1. The second-order valence-electron chi connectivity index (χ2n) is 8.30. The van der Waals surface area contributed by atoms with Crippen LogP contribution >= 0.6 is 0 Å². The van der Waals surface area contributed by atoms with Crippen molar-refractivity contribution in [2.75, 3.05) is 19.8 Å². The van der Waals surface area contributed by atoms with E-state index in [4.69, 9.17) is 10.5 Å². The van der Waals surface area contributed by atoms with Crippen LogP contribution in [0, 0.1) is 5.92 Å². The first-order chi connectivity index (χ1) is 15.8. The van der Waals surface area contributed by atoms with Crippen molar-refractivity contribution in [2.24, 2.45) is 11.7 Å². The molecule has 1 unspecified atom stereocenters. The van der Waals surface area contributed by atoms with Crippen LogP contribution in [-0.2, 0) is 4.74 Å². The van der Waals surface area contributed by atoms with Gasteiger partial charge in [-0.15, -0.1) is 0 Å². The third-order valence-electron chi connectivity index (χ3n) is 5.79. The molecule has 0 radical (unpaired) electrons. The molecule has 3 aromatic carbocycles. The molecule has 3 heteroatoms. The summed E-state index contributed by atoms with van der Waals surface area (Å²) in [7, 11) is 0. The van der Waals surface area contributed by atoms with Crippen LogP contribution in [0.4, 0.5) is 0 Å². The van der Waals surface area contributed by atoms with Crippen molar-refractivity contribution in [1.29, 1.82) is 0 Å². The Labute approximate surface area is 196 Å². The highest BCUT2D eigenvalue weighted by molar-refractivity contribution is 6.95. The Morgan fingerprint density at radius 2 is 1.19 bits per heavy atom. The summed E-state index contributed by atoms with van der Waals surface area (Å²) in [5, 5.41) is 0. The largest absolute Gasteiger partial charge is 0.381 e. The van der Waals surface area contributed by atoms with Gasteiger partial charge in [0.1, 0.15) is 0 Å². The number of rotatable bonds is 12. The van der Waals surface area contributed by atoms with Gasteiger partial charge in [0.2, 0.25) is 6.71 Å². The molecule has 0 aliphatic heterocycles. The molecule has 0 aliphatic rings. The molecule has 0 saturated heterocycles. The summed E-state index contributed by atoms with van der Waals surface area (Å²) in [5.41, 5.74) is 9.38. The van der Waals surface area contributed by atoms with Crippen LogP contribution in [0.3, 0.4) is 0 Å². The Balaban J connectivity index is 0.000000247. The Morgan fingerprint density at radius 3 is 1.56 bits per heavy atom. The highest BCUT2D eigenvalue weighted by Gasteiger charge is 2.20. The normalized spacial score (nSPS) is 11.3. The topological polar surface area (TPSA) is 35.2 Å². The van der Waals surface area contributed by atoms with Crippen molar-refractivity contribution in [2.45, 2.75) is 46.0 Å². The molecule has 0 aromatic heterocycles. The Kier molecular flexibility index (Phi) is 13.2. The summed E-state index contributed by atoms with van der Waals surface area (Å²) in [4.78, 5) is 0. The average Bonchev–Trinajstić information content (AvgIpc) is 2.86. The van der Waals surface area contributed by atoms with Gasteiger partial charge in [-0.3, -0.25) is 0 Å². The predicted octanol–water partition coefficient (Wildman–Crippen LogP) is 4.77. The van der Waals surface area contributed by atoms with Gasteiger partial charge in [-0.1, -0.05) is 140 Å². The van der Waals surface area contributed by atoms with E-state index in [2.05, 4.69) is 105 Å². The zero-order valence-corrected chi connectivity index (χ0v) is 20.0. The first-order valence-electron chi connectivity index (χ1n) is 12.2. The van der Waals surface area contributed by atoms with Gasteiger partial charge in [0.15, 0.2) is 0 Å². The number of ether oxygens (including phenoxy) is 1. The maximum absolute atomic E-state index is 5.54. The minimum Gasteiger partial charge on any atom is -0.381 e. The van der Waals surface area contributed by atoms with Gasteiger partial charge in [-0.2, -0.15) is 0 Å². The van der Waals surface area contributed by atoms with Crippen LogP contribution in [0.25, 0.3) is 0 Å². The van der Waals surface area contributed by atoms with E-state index in [0.717, 1.165) is 32.1 Å². The maximum atomic E-state index is 5.54. The van der Waals surface area contributed by atoms with Crippen molar-refractivity contribution in [3.63, 3.8) is 0 Å². The molecule has 1 atom stereocenters. The summed E-state index contributed by atoms with van der Waals surface area (Å²) in [6, 6.07) is 32.0. The fraction of sp³-hybridized carbons (Fsp3) is 0.379. The monoisotopic (exact) mass is 429 g/mol. The summed E-state index contributed by atoms with van der Waals surface area (Å²) >= 11 is 0. The van der Waals surface area contributed by atoms with Crippen molar-refractivity contribution >= 4 is 23.1 Å². The number of nitrogens with two attached hydrogens (primary N) is 1. The molecule has 0 fully saturated rings. The molecular formula is C29H40BNO. The van der Waals surface area contributed by atoms with Gasteiger partial charge in [-0.25, -0.2) is 0 Å². The molecule has 0 bridgehead atoms. The van der Waals surface area contributed by atoms with Crippen LogP contribution in [0.15, 0.2) is 91.0 Å². The van der Waals surface area contributed by atoms with E-state index in [1.807, 2.05) is 0 Å². The average molecular weight is 429 g/mol. The summed E-state index contributed by atoms with van der Waals surface area (Å²) < 4.78 is 5.54. The van der Waals surface area contributed by atoms with Gasteiger partial charge < -0.3 is 10.5 Å². The van der Waals surface area contributed by atoms with Crippen LogP contribution in [0.5, 0.6) is 0 Å². The fourth-order valence-electron chi connectivity index (χ4n) is 3.85. The molecule has 0 aliphatic carbocycles. The number of unbranched alkanes of at least 4 members (excludes halogenated alkanes) is 1. The minimum atomic E-state index is 0.309. The lowest BCUT2D eigenvalue weighted by molar-refractivity contribution is 0.0933. The quantitative estimate of drug-likeness (QED) is 0.333. The molecule has 3 rings (SSSR count). The molecule has 0 heterocycles. The van der Waals surface area contributed by atoms with E-state index in [1.165, 1.54) is 42.1 Å². The van der Waals surface area contributed by atoms with E-state index in [9.17, 15) is 0 Å². The zero-order chi connectivity index (χ0) is 22.9. The van der Waals surface area contributed by atoms with Crippen LogP contribution in [0.1, 0.15) is 46.0 Å². The third kappa shape index (κ3) is 9.42. The SMILES string of the molecule is CCCCC(CC)COCCCN.c1ccc(B(c2ccccc2)c2ccccc2)cc1. The lowest BCUT2D eigenvalue weighted by atomic mass is 9.37. The molecule has 2 N–H and O–H groups in total. The molecule has 170 valence electrons. The summed E-state index contributed by atoms with van der Waals surface area (Å²) in [6.07, 6.45) is 6.17. The number of hydrogen-bond acceptors (Lipinski definition) is 2. The van der Waals surface area contributed by atoms with Gasteiger partial charge in [0.05, 0.1) is 0 Å². The Hall–Kier alpha value is -2.36.